The molecule has 0 aliphatic carbocycles. The molecule has 158 valence electrons. The van der Waals surface area contributed by atoms with Gasteiger partial charge < -0.3 is 14.4 Å². The molecule has 0 radical (unpaired) electrons. The zero-order valence-corrected chi connectivity index (χ0v) is 18.3. The lowest BCUT2D eigenvalue weighted by Crippen LogP contribution is -2.47. The van der Waals surface area contributed by atoms with E-state index in [1.54, 1.807) is 0 Å². The van der Waals surface area contributed by atoms with Gasteiger partial charge in [-0.25, -0.2) is 4.98 Å². The van der Waals surface area contributed by atoms with E-state index in [0.717, 1.165) is 56.8 Å². The number of likely N-dealkylation sites (tertiary alicyclic amines) is 1. The van der Waals surface area contributed by atoms with Crippen molar-refractivity contribution in [1.82, 2.24) is 14.5 Å². The summed E-state index contributed by atoms with van der Waals surface area (Å²) >= 11 is 0. The van der Waals surface area contributed by atoms with Crippen LogP contribution >= 0.6 is 0 Å². The second-order valence-electron chi connectivity index (χ2n) is 8.88. The minimum atomic E-state index is 0.722. The summed E-state index contributed by atoms with van der Waals surface area (Å²) in [6.07, 6.45) is 4.88. The number of fused-ring (bicyclic) bond motifs is 1. The molecule has 0 bridgehead atoms. The number of hydrogen-bond donors (Lipinski definition) is 0. The molecule has 2 saturated heterocycles. The fourth-order valence-corrected chi connectivity index (χ4v) is 5.06. The van der Waals surface area contributed by atoms with Gasteiger partial charge in [-0.3, -0.25) is 4.90 Å². The van der Waals surface area contributed by atoms with Gasteiger partial charge in [-0.05, 0) is 63.1 Å². The number of rotatable bonds is 5. The molecule has 1 atom stereocenters. The van der Waals surface area contributed by atoms with Crippen molar-refractivity contribution in [3.63, 3.8) is 0 Å². The lowest BCUT2D eigenvalue weighted by Gasteiger charge is -2.37. The number of anilines is 2. The van der Waals surface area contributed by atoms with Gasteiger partial charge in [-0.1, -0.05) is 18.2 Å². The third kappa shape index (κ3) is 3.79. The first-order valence-corrected chi connectivity index (χ1v) is 11.4. The highest BCUT2D eigenvalue weighted by Crippen LogP contribution is 2.24. The zero-order valence-electron chi connectivity index (χ0n) is 18.3. The Bertz CT molecular complexity index is 1000. The van der Waals surface area contributed by atoms with E-state index in [4.69, 9.17) is 4.98 Å². The first kappa shape index (κ1) is 19.4. The SMILES string of the molecule is Cc1ccccc1N1CCN(c2ccc3ccn(CCN4CCC[C@@H]4C)c3n2)CC1. The highest BCUT2D eigenvalue weighted by Gasteiger charge is 2.21. The second kappa shape index (κ2) is 8.31. The summed E-state index contributed by atoms with van der Waals surface area (Å²) in [6, 6.07) is 16.1. The summed E-state index contributed by atoms with van der Waals surface area (Å²) in [6.45, 7) is 12.0. The maximum Gasteiger partial charge on any atom is 0.142 e. The third-order valence-electron chi connectivity index (χ3n) is 6.98. The molecule has 30 heavy (non-hydrogen) atoms. The minimum Gasteiger partial charge on any atom is -0.368 e. The Morgan fingerprint density at radius 3 is 2.47 bits per heavy atom. The Kier molecular flexibility index (Phi) is 5.38. The quantitative estimate of drug-likeness (QED) is 0.639. The topological polar surface area (TPSA) is 27.5 Å². The number of nitrogens with zero attached hydrogens (tertiary/aromatic N) is 5. The molecule has 0 N–H and O–H groups in total. The molecular formula is C25H33N5. The molecule has 2 aliphatic rings. The summed E-state index contributed by atoms with van der Waals surface area (Å²) in [5.74, 6) is 1.11. The van der Waals surface area contributed by atoms with E-state index >= 15 is 0 Å². The summed E-state index contributed by atoms with van der Waals surface area (Å²) < 4.78 is 2.34. The minimum absolute atomic E-state index is 0.722. The van der Waals surface area contributed by atoms with E-state index in [9.17, 15) is 0 Å². The van der Waals surface area contributed by atoms with E-state index < -0.39 is 0 Å². The lowest BCUT2D eigenvalue weighted by molar-refractivity contribution is 0.259. The summed E-state index contributed by atoms with van der Waals surface area (Å²) in [5, 5.41) is 1.24. The van der Waals surface area contributed by atoms with Crippen LogP contribution in [0.2, 0.25) is 0 Å². The molecule has 5 rings (SSSR count). The molecule has 1 aromatic carbocycles. The van der Waals surface area contributed by atoms with Crippen molar-refractivity contribution in [2.45, 2.75) is 39.3 Å². The molecule has 0 amide bonds. The van der Waals surface area contributed by atoms with Crippen molar-refractivity contribution in [2.75, 3.05) is 49.1 Å². The number of aromatic nitrogens is 2. The fourth-order valence-electron chi connectivity index (χ4n) is 5.06. The first-order valence-electron chi connectivity index (χ1n) is 11.4. The van der Waals surface area contributed by atoms with Crippen LogP contribution in [-0.2, 0) is 6.54 Å². The van der Waals surface area contributed by atoms with E-state index in [1.165, 1.54) is 36.0 Å². The van der Waals surface area contributed by atoms with Crippen molar-refractivity contribution < 1.29 is 0 Å². The smallest absolute Gasteiger partial charge is 0.142 e. The Hall–Kier alpha value is -2.53. The van der Waals surface area contributed by atoms with Crippen molar-refractivity contribution in [3.8, 4) is 0 Å². The lowest BCUT2D eigenvalue weighted by atomic mass is 10.1. The number of hydrogen-bond acceptors (Lipinski definition) is 4. The van der Waals surface area contributed by atoms with Crippen molar-refractivity contribution in [3.05, 3.63) is 54.2 Å². The van der Waals surface area contributed by atoms with E-state index in [1.807, 2.05) is 0 Å². The van der Waals surface area contributed by atoms with Gasteiger partial charge in [0.25, 0.3) is 0 Å². The molecule has 2 fully saturated rings. The maximum absolute atomic E-state index is 5.09. The Morgan fingerprint density at radius 2 is 1.70 bits per heavy atom. The normalized spacial score (nSPS) is 20.4. The molecule has 2 aromatic heterocycles. The molecule has 5 nitrogen and oxygen atoms in total. The van der Waals surface area contributed by atoms with Crippen LogP contribution in [0.15, 0.2) is 48.7 Å². The van der Waals surface area contributed by atoms with Crippen LogP contribution in [0, 0.1) is 6.92 Å². The summed E-state index contributed by atoms with van der Waals surface area (Å²) in [5.41, 5.74) is 3.85. The van der Waals surface area contributed by atoms with Crippen molar-refractivity contribution >= 4 is 22.5 Å². The highest BCUT2D eigenvalue weighted by atomic mass is 15.3. The van der Waals surface area contributed by atoms with Crippen LogP contribution in [0.3, 0.4) is 0 Å². The average Bonchev–Trinajstić information content (AvgIpc) is 3.38. The molecule has 0 unspecified atom stereocenters. The van der Waals surface area contributed by atoms with Crippen LogP contribution in [0.1, 0.15) is 25.3 Å². The van der Waals surface area contributed by atoms with Crippen LogP contribution < -0.4 is 9.80 Å². The Morgan fingerprint density at radius 1 is 0.900 bits per heavy atom. The first-order chi connectivity index (χ1) is 14.7. The molecule has 3 aromatic rings. The Labute approximate surface area is 179 Å². The highest BCUT2D eigenvalue weighted by molar-refractivity contribution is 5.78. The van der Waals surface area contributed by atoms with Crippen molar-refractivity contribution in [2.24, 2.45) is 0 Å². The third-order valence-corrected chi connectivity index (χ3v) is 6.98. The Balaban J connectivity index is 1.28. The molecule has 5 heteroatoms. The molecular weight excluding hydrogens is 370 g/mol. The summed E-state index contributed by atoms with van der Waals surface area (Å²) in [7, 11) is 0. The molecule has 4 heterocycles. The van der Waals surface area contributed by atoms with E-state index in [0.29, 0.717) is 0 Å². The monoisotopic (exact) mass is 403 g/mol. The van der Waals surface area contributed by atoms with Gasteiger partial charge in [0.1, 0.15) is 11.5 Å². The average molecular weight is 404 g/mol. The van der Waals surface area contributed by atoms with Crippen LogP contribution in [0.4, 0.5) is 11.5 Å². The number of piperazine rings is 1. The predicted molar refractivity (Wildman–Crippen MR) is 126 cm³/mol. The zero-order chi connectivity index (χ0) is 20.5. The standard InChI is InChI=1S/C25H33N5/c1-20-6-3-4-8-23(20)28-15-17-29(18-16-28)24-10-9-22-11-13-30(25(22)26-24)19-14-27-12-5-7-21(27)2/h3-4,6,8-11,13,21H,5,7,12,14-19H2,1-2H3/t21-/m0/s1. The molecule has 0 spiro atoms. The van der Waals surface area contributed by atoms with Gasteiger partial charge in [0.15, 0.2) is 0 Å². The molecule has 2 aliphatic heterocycles. The van der Waals surface area contributed by atoms with Crippen molar-refractivity contribution in [1.29, 1.82) is 0 Å². The maximum atomic E-state index is 5.09. The van der Waals surface area contributed by atoms with Crippen LogP contribution in [-0.4, -0.2) is 59.8 Å². The van der Waals surface area contributed by atoms with Gasteiger partial charge in [-0.2, -0.15) is 0 Å². The molecule has 0 saturated carbocycles. The van der Waals surface area contributed by atoms with Crippen LogP contribution in [0.5, 0.6) is 0 Å². The largest absolute Gasteiger partial charge is 0.368 e. The number of pyridine rings is 1. The second-order valence-corrected chi connectivity index (χ2v) is 8.88. The predicted octanol–water partition coefficient (Wildman–Crippen LogP) is 4.16. The van der Waals surface area contributed by atoms with Gasteiger partial charge in [0, 0.05) is 62.6 Å². The van der Waals surface area contributed by atoms with Gasteiger partial charge >= 0.3 is 0 Å². The van der Waals surface area contributed by atoms with Gasteiger partial charge in [0.2, 0.25) is 0 Å². The summed E-state index contributed by atoms with van der Waals surface area (Å²) in [4.78, 5) is 12.6. The van der Waals surface area contributed by atoms with Gasteiger partial charge in [0.05, 0.1) is 0 Å². The van der Waals surface area contributed by atoms with Crippen LogP contribution in [0.25, 0.3) is 11.0 Å². The van der Waals surface area contributed by atoms with E-state index in [-0.39, 0.29) is 0 Å². The van der Waals surface area contributed by atoms with Gasteiger partial charge in [-0.15, -0.1) is 0 Å². The number of benzene rings is 1. The number of aryl methyl sites for hydroxylation is 1. The number of para-hydroxylation sites is 1. The van der Waals surface area contributed by atoms with E-state index in [2.05, 4.69) is 81.8 Å². The fraction of sp³-hybridized carbons (Fsp3) is 0.480.